The third-order valence-corrected chi connectivity index (χ3v) is 4.68. The van der Waals surface area contributed by atoms with Crippen molar-refractivity contribution < 1.29 is 0 Å². The molecule has 6 heteroatoms. The van der Waals surface area contributed by atoms with Crippen molar-refractivity contribution >= 4 is 34.6 Å². The van der Waals surface area contributed by atoms with Gasteiger partial charge in [-0.15, -0.1) is 11.3 Å². The first kappa shape index (κ1) is 11.6. The molecule has 0 unspecified atom stereocenters. The number of hydrogen-bond donors (Lipinski definition) is 1. The third-order valence-electron chi connectivity index (χ3n) is 1.65. The molecule has 2 aromatic rings. The van der Waals surface area contributed by atoms with Crippen molar-refractivity contribution in [2.24, 2.45) is 5.73 Å². The summed E-state index contributed by atoms with van der Waals surface area (Å²) in [6.07, 6.45) is 1.58. The maximum absolute atomic E-state index is 5.32. The first-order chi connectivity index (χ1) is 7.88. The van der Waals surface area contributed by atoms with E-state index in [9.17, 15) is 0 Å². The van der Waals surface area contributed by atoms with Crippen LogP contribution in [0, 0.1) is 11.8 Å². The summed E-state index contributed by atoms with van der Waals surface area (Å²) in [4.78, 5) is 6.48. The Kier molecular flexibility index (Phi) is 4.36. The molecule has 0 amide bonds. The molecule has 0 radical (unpaired) electrons. The molecule has 2 rings (SSSR count). The van der Waals surface area contributed by atoms with Crippen LogP contribution in [0.4, 0.5) is 0 Å². The van der Waals surface area contributed by atoms with E-state index in [2.05, 4.69) is 27.3 Å². The highest BCUT2D eigenvalue weighted by atomic mass is 32.2. The summed E-state index contributed by atoms with van der Waals surface area (Å²) in [6, 6.07) is 4.13. The van der Waals surface area contributed by atoms with Gasteiger partial charge in [-0.2, -0.15) is 4.37 Å². The summed E-state index contributed by atoms with van der Waals surface area (Å²) < 4.78 is 4.96. The Morgan fingerprint density at radius 3 is 3.12 bits per heavy atom. The van der Waals surface area contributed by atoms with E-state index in [1.54, 1.807) is 29.4 Å². The van der Waals surface area contributed by atoms with E-state index in [-0.39, 0.29) is 0 Å². The number of hydrogen-bond acceptors (Lipinski definition) is 6. The van der Waals surface area contributed by atoms with Gasteiger partial charge in [0.2, 0.25) is 0 Å². The zero-order valence-corrected chi connectivity index (χ0v) is 10.8. The summed E-state index contributed by atoms with van der Waals surface area (Å²) >= 11 is 4.83. The van der Waals surface area contributed by atoms with E-state index in [4.69, 9.17) is 5.73 Å². The van der Waals surface area contributed by atoms with Crippen molar-refractivity contribution in [2.75, 3.05) is 6.54 Å². The van der Waals surface area contributed by atoms with Gasteiger partial charge in [-0.3, -0.25) is 0 Å². The van der Waals surface area contributed by atoms with Gasteiger partial charge < -0.3 is 5.73 Å². The van der Waals surface area contributed by atoms with Crippen LogP contribution in [0.5, 0.6) is 0 Å². The van der Waals surface area contributed by atoms with Crippen molar-refractivity contribution in [3.05, 3.63) is 28.2 Å². The van der Waals surface area contributed by atoms with Crippen molar-refractivity contribution in [3.8, 4) is 11.8 Å². The second-order valence-electron chi connectivity index (χ2n) is 2.77. The Labute approximate surface area is 106 Å². The molecule has 16 heavy (non-hydrogen) atoms. The van der Waals surface area contributed by atoms with Crippen LogP contribution in [-0.4, -0.2) is 15.9 Å². The van der Waals surface area contributed by atoms with Gasteiger partial charge in [-0.05, 0) is 23.7 Å². The lowest BCUT2D eigenvalue weighted by Crippen LogP contribution is -1.92. The molecule has 2 heterocycles. The predicted octanol–water partition coefficient (Wildman–Crippen LogP) is 2.20. The topological polar surface area (TPSA) is 51.8 Å². The van der Waals surface area contributed by atoms with Gasteiger partial charge in [-0.1, -0.05) is 23.6 Å². The number of nitrogens with two attached hydrogens (primary N) is 1. The van der Waals surface area contributed by atoms with E-state index in [0.29, 0.717) is 6.54 Å². The minimum atomic E-state index is 0.409. The quantitative estimate of drug-likeness (QED) is 0.684. The molecule has 82 valence electrons. The molecule has 0 aliphatic heterocycles. The molecule has 2 N–H and O–H groups in total. The maximum Gasteiger partial charge on any atom is 0.170 e. The second-order valence-corrected chi connectivity index (χ2v) is 5.94. The summed E-state index contributed by atoms with van der Waals surface area (Å²) in [5.41, 5.74) is 5.32. The van der Waals surface area contributed by atoms with Crippen LogP contribution in [0.15, 0.2) is 22.8 Å². The molecule has 0 saturated carbocycles. The van der Waals surface area contributed by atoms with E-state index in [1.165, 1.54) is 16.4 Å². The minimum Gasteiger partial charge on any atom is -0.320 e. The van der Waals surface area contributed by atoms with Crippen LogP contribution >= 0.6 is 34.6 Å². The average Bonchev–Trinajstić information content (AvgIpc) is 2.95. The fraction of sp³-hybridized carbons (Fsp3) is 0.200. The van der Waals surface area contributed by atoms with Crippen LogP contribution in [0.25, 0.3) is 0 Å². The fourth-order valence-electron chi connectivity index (χ4n) is 1.02. The SMILES string of the molecule is NCC#Cc1ccc(CSc2ncns2)s1. The van der Waals surface area contributed by atoms with E-state index >= 15 is 0 Å². The summed E-state index contributed by atoms with van der Waals surface area (Å²) in [6.45, 7) is 0.409. The predicted molar refractivity (Wildman–Crippen MR) is 69.7 cm³/mol. The number of rotatable bonds is 3. The summed E-state index contributed by atoms with van der Waals surface area (Å²) in [5.74, 6) is 6.80. The Morgan fingerprint density at radius 1 is 1.44 bits per heavy atom. The third kappa shape index (κ3) is 3.32. The molecule has 0 saturated heterocycles. The lowest BCUT2D eigenvalue weighted by atomic mass is 10.4. The Morgan fingerprint density at radius 2 is 2.38 bits per heavy atom. The largest absolute Gasteiger partial charge is 0.320 e. The number of aromatic nitrogens is 2. The minimum absolute atomic E-state index is 0.409. The second kappa shape index (κ2) is 6.01. The Hall–Kier alpha value is -0.870. The van der Waals surface area contributed by atoms with Gasteiger partial charge in [0.15, 0.2) is 4.34 Å². The van der Waals surface area contributed by atoms with Crippen molar-refractivity contribution in [3.63, 3.8) is 0 Å². The molecule has 0 bridgehead atoms. The van der Waals surface area contributed by atoms with E-state index in [0.717, 1.165) is 15.0 Å². The highest BCUT2D eigenvalue weighted by Crippen LogP contribution is 2.26. The number of nitrogens with zero attached hydrogens (tertiary/aromatic N) is 2. The first-order valence-electron chi connectivity index (χ1n) is 4.55. The van der Waals surface area contributed by atoms with Gasteiger partial charge >= 0.3 is 0 Å². The smallest absolute Gasteiger partial charge is 0.170 e. The molecule has 0 fully saturated rings. The lowest BCUT2D eigenvalue weighted by Gasteiger charge is -1.91. The van der Waals surface area contributed by atoms with Gasteiger partial charge in [-0.25, -0.2) is 4.98 Å². The molecule has 0 spiro atoms. The molecule has 0 aromatic carbocycles. The van der Waals surface area contributed by atoms with Crippen LogP contribution < -0.4 is 5.73 Å². The van der Waals surface area contributed by atoms with Crippen LogP contribution in [-0.2, 0) is 5.75 Å². The van der Waals surface area contributed by atoms with E-state index < -0.39 is 0 Å². The van der Waals surface area contributed by atoms with Gasteiger partial charge in [0.05, 0.1) is 11.4 Å². The highest BCUT2D eigenvalue weighted by molar-refractivity contribution is 8.00. The molecular weight excluding hydrogens is 258 g/mol. The van der Waals surface area contributed by atoms with Crippen LogP contribution in [0.1, 0.15) is 9.75 Å². The zero-order valence-electron chi connectivity index (χ0n) is 8.34. The monoisotopic (exact) mass is 267 g/mol. The lowest BCUT2D eigenvalue weighted by molar-refractivity contribution is 1.21. The Balaban J connectivity index is 1.93. The molecule has 3 nitrogen and oxygen atoms in total. The van der Waals surface area contributed by atoms with Crippen molar-refractivity contribution in [1.29, 1.82) is 0 Å². The van der Waals surface area contributed by atoms with Crippen molar-refractivity contribution in [2.45, 2.75) is 10.1 Å². The van der Waals surface area contributed by atoms with Gasteiger partial charge in [0.25, 0.3) is 0 Å². The van der Waals surface area contributed by atoms with E-state index in [1.807, 2.05) is 6.07 Å². The first-order valence-corrected chi connectivity index (χ1v) is 7.13. The van der Waals surface area contributed by atoms with Gasteiger partial charge in [0.1, 0.15) is 6.33 Å². The average molecular weight is 267 g/mol. The standard InChI is InChI=1S/C10H9N3S3/c11-5-1-2-8-3-4-9(15-8)6-14-10-12-7-13-16-10/h3-4,7H,5-6,11H2. The summed E-state index contributed by atoms with van der Waals surface area (Å²) in [7, 11) is 0. The molecular formula is C10H9N3S3. The Bertz CT molecular complexity index is 493. The molecule has 0 aliphatic carbocycles. The number of thiophene rings is 1. The van der Waals surface area contributed by atoms with Crippen molar-refractivity contribution in [1.82, 2.24) is 9.36 Å². The van der Waals surface area contributed by atoms with Crippen LogP contribution in [0.2, 0.25) is 0 Å². The number of thioether (sulfide) groups is 1. The normalized spacial score (nSPS) is 9.81. The zero-order chi connectivity index (χ0) is 11.2. The highest BCUT2D eigenvalue weighted by Gasteiger charge is 2.01. The van der Waals surface area contributed by atoms with Gasteiger partial charge in [0, 0.05) is 10.6 Å². The summed E-state index contributed by atoms with van der Waals surface area (Å²) in [5, 5.41) is 0. The maximum atomic E-state index is 5.32. The molecule has 0 aliphatic rings. The fourth-order valence-corrected chi connectivity index (χ4v) is 3.39. The molecule has 2 aromatic heterocycles. The molecule has 0 atom stereocenters. The van der Waals surface area contributed by atoms with Crippen LogP contribution in [0.3, 0.4) is 0 Å².